The SMILES string of the molecule is CC(C)Cc1ccc(C(C)C(=O)C(N)(CCN)C(=O)C(C)c2ccc(CC(C)C)cc2)cc1. The molecule has 2 atom stereocenters. The second-order valence-corrected chi connectivity index (χ2v) is 10.4. The monoisotopic (exact) mass is 450 g/mol. The molecule has 2 aromatic carbocycles. The van der Waals surface area contributed by atoms with E-state index in [9.17, 15) is 9.59 Å². The lowest BCUT2D eigenvalue weighted by Gasteiger charge is -2.31. The van der Waals surface area contributed by atoms with Crippen LogP contribution >= 0.6 is 0 Å². The molecule has 0 aliphatic rings. The van der Waals surface area contributed by atoms with Crippen LogP contribution in [0.25, 0.3) is 0 Å². The molecule has 0 aliphatic carbocycles. The first-order valence-corrected chi connectivity index (χ1v) is 12.2. The van der Waals surface area contributed by atoms with E-state index in [0.717, 1.165) is 24.0 Å². The van der Waals surface area contributed by atoms with E-state index >= 15 is 0 Å². The Morgan fingerprint density at radius 1 is 0.697 bits per heavy atom. The molecule has 0 fully saturated rings. The molecule has 33 heavy (non-hydrogen) atoms. The van der Waals surface area contributed by atoms with E-state index in [4.69, 9.17) is 11.5 Å². The smallest absolute Gasteiger partial charge is 0.167 e. The molecule has 180 valence electrons. The van der Waals surface area contributed by atoms with Crippen LogP contribution in [0.1, 0.15) is 82.1 Å². The van der Waals surface area contributed by atoms with Crippen molar-refractivity contribution in [1.29, 1.82) is 0 Å². The first-order chi connectivity index (χ1) is 15.5. The Labute approximate surface area is 200 Å². The van der Waals surface area contributed by atoms with E-state index in [1.165, 1.54) is 11.1 Å². The number of Topliss-reactive ketones (excluding diaryl/α,β-unsaturated/α-hetero) is 2. The summed E-state index contributed by atoms with van der Waals surface area (Å²) in [5, 5.41) is 0. The van der Waals surface area contributed by atoms with Gasteiger partial charge in [0, 0.05) is 11.8 Å². The first kappa shape index (κ1) is 26.9. The molecule has 0 radical (unpaired) electrons. The van der Waals surface area contributed by atoms with Crippen molar-refractivity contribution >= 4 is 11.6 Å². The Balaban J connectivity index is 2.25. The minimum absolute atomic E-state index is 0.135. The van der Waals surface area contributed by atoms with E-state index in [0.29, 0.717) is 11.8 Å². The van der Waals surface area contributed by atoms with Gasteiger partial charge in [-0.25, -0.2) is 0 Å². The van der Waals surface area contributed by atoms with Crippen molar-refractivity contribution in [3.63, 3.8) is 0 Å². The van der Waals surface area contributed by atoms with E-state index in [-0.39, 0.29) is 24.5 Å². The molecule has 4 nitrogen and oxygen atoms in total. The lowest BCUT2D eigenvalue weighted by atomic mass is 9.74. The summed E-state index contributed by atoms with van der Waals surface area (Å²) in [6.45, 7) is 12.6. The normalized spacial score (nSPS) is 15.3. The Morgan fingerprint density at radius 3 is 1.30 bits per heavy atom. The summed E-state index contributed by atoms with van der Waals surface area (Å²) in [6, 6.07) is 16.1. The fraction of sp³-hybridized carbons (Fsp3) is 0.517. The standard InChI is InChI=1S/C29H42N2O2/c1-19(2)17-23-7-11-25(12-8-23)21(5)27(32)29(31,15-16-30)28(33)22(6)26-13-9-24(10-14-26)18-20(3)4/h7-14,19-22H,15-18,30-31H2,1-6H3. The quantitative estimate of drug-likeness (QED) is 0.437. The summed E-state index contributed by atoms with van der Waals surface area (Å²) < 4.78 is 0. The van der Waals surface area contributed by atoms with Gasteiger partial charge in [0.1, 0.15) is 5.54 Å². The van der Waals surface area contributed by atoms with Crippen LogP contribution in [-0.4, -0.2) is 23.7 Å². The second-order valence-electron chi connectivity index (χ2n) is 10.4. The number of ketones is 2. The molecule has 4 N–H and O–H groups in total. The van der Waals surface area contributed by atoms with Crippen LogP contribution < -0.4 is 11.5 Å². The minimum Gasteiger partial charge on any atom is -0.330 e. The van der Waals surface area contributed by atoms with Crippen molar-refractivity contribution in [1.82, 2.24) is 0 Å². The first-order valence-electron chi connectivity index (χ1n) is 12.2. The molecule has 0 heterocycles. The number of nitrogens with two attached hydrogens (primary N) is 2. The zero-order valence-electron chi connectivity index (χ0n) is 21.2. The third-order valence-electron chi connectivity index (χ3n) is 6.45. The molecule has 2 rings (SSSR count). The molecule has 0 amide bonds. The summed E-state index contributed by atoms with van der Waals surface area (Å²) in [5.41, 5.74) is 15.0. The number of benzene rings is 2. The Morgan fingerprint density at radius 2 is 1.03 bits per heavy atom. The molecule has 0 bridgehead atoms. The third kappa shape index (κ3) is 6.84. The van der Waals surface area contributed by atoms with Crippen molar-refractivity contribution in [2.24, 2.45) is 23.3 Å². The van der Waals surface area contributed by atoms with Crippen molar-refractivity contribution in [3.8, 4) is 0 Å². The van der Waals surface area contributed by atoms with Crippen LogP contribution in [0.4, 0.5) is 0 Å². The van der Waals surface area contributed by atoms with Gasteiger partial charge in [0.25, 0.3) is 0 Å². The van der Waals surface area contributed by atoms with Gasteiger partial charge in [0.15, 0.2) is 11.6 Å². The van der Waals surface area contributed by atoms with Crippen LogP contribution in [0, 0.1) is 11.8 Å². The van der Waals surface area contributed by atoms with Crippen LogP contribution in [0.5, 0.6) is 0 Å². The summed E-state index contributed by atoms with van der Waals surface area (Å²) in [6.07, 6.45) is 2.11. The second kappa shape index (κ2) is 11.7. The van der Waals surface area contributed by atoms with Crippen molar-refractivity contribution in [3.05, 3.63) is 70.8 Å². The molecule has 0 aromatic heterocycles. The Kier molecular flexibility index (Phi) is 9.57. The third-order valence-corrected chi connectivity index (χ3v) is 6.45. The lowest BCUT2D eigenvalue weighted by Crippen LogP contribution is -2.58. The Bertz CT molecular complexity index is 842. The van der Waals surface area contributed by atoms with E-state index < -0.39 is 17.4 Å². The highest BCUT2D eigenvalue weighted by atomic mass is 16.2. The summed E-state index contributed by atoms with van der Waals surface area (Å²) in [5.74, 6) is -0.376. The highest BCUT2D eigenvalue weighted by Gasteiger charge is 2.45. The summed E-state index contributed by atoms with van der Waals surface area (Å²) in [7, 11) is 0. The summed E-state index contributed by atoms with van der Waals surface area (Å²) in [4.78, 5) is 27.1. The van der Waals surface area contributed by atoms with Crippen LogP contribution in [0.3, 0.4) is 0 Å². The molecule has 4 heteroatoms. The highest BCUT2D eigenvalue weighted by Crippen LogP contribution is 2.30. The average molecular weight is 451 g/mol. The zero-order chi connectivity index (χ0) is 24.8. The number of carbonyl (C=O) groups is 2. The van der Waals surface area contributed by atoms with E-state index in [1.807, 2.05) is 38.1 Å². The number of carbonyl (C=O) groups excluding carboxylic acids is 2. The van der Waals surface area contributed by atoms with Crippen molar-refractivity contribution in [2.75, 3.05) is 6.54 Å². The molecule has 2 unspecified atom stereocenters. The molecular formula is C29H42N2O2. The zero-order valence-corrected chi connectivity index (χ0v) is 21.2. The van der Waals surface area contributed by atoms with Crippen LogP contribution in [0.15, 0.2) is 48.5 Å². The van der Waals surface area contributed by atoms with Gasteiger partial charge in [0.05, 0.1) is 0 Å². The average Bonchev–Trinajstić information content (AvgIpc) is 2.77. The number of rotatable bonds is 12. The lowest BCUT2D eigenvalue weighted by molar-refractivity contribution is -0.136. The topological polar surface area (TPSA) is 86.2 Å². The maximum atomic E-state index is 13.6. The van der Waals surface area contributed by atoms with Gasteiger partial charge < -0.3 is 11.5 Å². The van der Waals surface area contributed by atoms with Gasteiger partial charge in [0.2, 0.25) is 0 Å². The molecule has 2 aromatic rings. The van der Waals surface area contributed by atoms with E-state index in [1.54, 1.807) is 0 Å². The number of hydrogen-bond acceptors (Lipinski definition) is 4. The van der Waals surface area contributed by atoms with Crippen LogP contribution in [-0.2, 0) is 22.4 Å². The van der Waals surface area contributed by atoms with Crippen molar-refractivity contribution in [2.45, 2.75) is 78.2 Å². The molecule has 0 aliphatic heterocycles. The predicted octanol–water partition coefficient (Wildman–Crippen LogP) is 5.18. The van der Waals surface area contributed by atoms with E-state index in [2.05, 4.69) is 52.0 Å². The van der Waals surface area contributed by atoms with Crippen molar-refractivity contribution < 1.29 is 9.59 Å². The van der Waals surface area contributed by atoms with Gasteiger partial charge in [-0.3, -0.25) is 9.59 Å². The largest absolute Gasteiger partial charge is 0.330 e. The molecule has 0 saturated heterocycles. The maximum Gasteiger partial charge on any atom is 0.167 e. The molecule has 0 spiro atoms. The summed E-state index contributed by atoms with van der Waals surface area (Å²) >= 11 is 0. The van der Waals surface area contributed by atoms with Gasteiger partial charge in [-0.1, -0.05) is 90.1 Å². The van der Waals surface area contributed by atoms with Gasteiger partial charge in [-0.05, 0) is 59.9 Å². The minimum atomic E-state index is -1.61. The fourth-order valence-electron chi connectivity index (χ4n) is 4.50. The Hall–Kier alpha value is -2.30. The highest BCUT2D eigenvalue weighted by molar-refractivity contribution is 6.15. The fourth-order valence-corrected chi connectivity index (χ4v) is 4.50. The van der Waals surface area contributed by atoms with Crippen LogP contribution in [0.2, 0.25) is 0 Å². The molecule has 0 saturated carbocycles. The van der Waals surface area contributed by atoms with Gasteiger partial charge in [-0.15, -0.1) is 0 Å². The van der Waals surface area contributed by atoms with Gasteiger partial charge >= 0.3 is 0 Å². The predicted molar refractivity (Wildman–Crippen MR) is 137 cm³/mol. The number of hydrogen-bond donors (Lipinski definition) is 2. The molecular weight excluding hydrogens is 408 g/mol. The maximum absolute atomic E-state index is 13.6. The van der Waals surface area contributed by atoms with Gasteiger partial charge in [-0.2, -0.15) is 0 Å².